The minimum Gasteiger partial charge on any atom is -0.455 e. The van der Waals surface area contributed by atoms with E-state index in [1.54, 1.807) is 37.1 Å². The zero-order valence-corrected chi connectivity index (χ0v) is 17.6. The van der Waals surface area contributed by atoms with Gasteiger partial charge in [0.25, 0.3) is 5.91 Å². The largest absolute Gasteiger partial charge is 0.455 e. The van der Waals surface area contributed by atoms with Gasteiger partial charge in [0, 0.05) is 31.3 Å². The maximum Gasteiger partial charge on any atom is 0.257 e. The van der Waals surface area contributed by atoms with Gasteiger partial charge in [-0.15, -0.1) is 0 Å². The third-order valence-corrected chi connectivity index (χ3v) is 5.49. The molecule has 1 aliphatic heterocycles. The molecule has 0 spiro atoms. The highest BCUT2D eigenvalue weighted by molar-refractivity contribution is 6.05. The highest BCUT2D eigenvalue weighted by Gasteiger charge is 2.24. The van der Waals surface area contributed by atoms with Crippen LogP contribution in [0.5, 0.6) is 0 Å². The van der Waals surface area contributed by atoms with E-state index < -0.39 is 0 Å². The zero-order chi connectivity index (χ0) is 22.0. The van der Waals surface area contributed by atoms with Crippen molar-refractivity contribution in [3.8, 4) is 11.3 Å². The second kappa shape index (κ2) is 8.73. The Morgan fingerprint density at radius 3 is 2.45 bits per heavy atom. The van der Waals surface area contributed by atoms with E-state index in [1.807, 2.05) is 30.3 Å². The zero-order valence-electron chi connectivity index (χ0n) is 17.6. The summed E-state index contributed by atoms with van der Waals surface area (Å²) in [6.07, 6.45) is 0. The Morgan fingerprint density at radius 2 is 1.74 bits per heavy atom. The predicted octanol–water partition coefficient (Wildman–Crippen LogP) is 2.70. The third-order valence-electron chi connectivity index (χ3n) is 5.49. The van der Waals surface area contributed by atoms with E-state index >= 15 is 0 Å². The second-order valence-corrected chi connectivity index (χ2v) is 7.59. The number of amides is 2. The summed E-state index contributed by atoms with van der Waals surface area (Å²) >= 11 is 0. The summed E-state index contributed by atoms with van der Waals surface area (Å²) < 4.78 is 11.4. The minimum absolute atomic E-state index is 0.0587. The van der Waals surface area contributed by atoms with Crippen molar-refractivity contribution in [3.63, 3.8) is 0 Å². The molecule has 2 heterocycles. The van der Waals surface area contributed by atoms with Gasteiger partial charge < -0.3 is 19.0 Å². The van der Waals surface area contributed by atoms with Gasteiger partial charge in [-0.3, -0.25) is 14.4 Å². The van der Waals surface area contributed by atoms with Crippen molar-refractivity contribution in [2.24, 2.45) is 0 Å². The number of carbonyl (C=O) groups is 2. The van der Waals surface area contributed by atoms with E-state index in [4.69, 9.17) is 9.15 Å². The smallest absolute Gasteiger partial charge is 0.257 e. The summed E-state index contributed by atoms with van der Waals surface area (Å²) in [5, 5.41) is 0.343. The molecule has 1 saturated heterocycles. The summed E-state index contributed by atoms with van der Waals surface area (Å²) in [5.74, 6) is -0.0784. The molecule has 0 aliphatic carbocycles. The molecule has 31 heavy (non-hydrogen) atoms. The van der Waals surface area contributed by atoms with Gasteiger partial charge in [-0.05, 0) is 19.1 Å². The molecule has 3 aromatic rings. The number of nitrogens with zero attached hydrogens (tertiary/aromatic N) is 2. The normalized spacial score (nSPS) is 13.9. The fourth-order valence-corrected chi connectivity index (χ4v) is 3.74. The van der Waals surface area contributed by atoms with Crippen molar-refractivity contribution < 1.29 is 18.7 Å². The number of hydrogen-bond donors (Lipinski definition) is 0. The summed E-state index contributed by atoms with van der Waals surface area (Å²) in [4.78, 5) is 41.8. The molecule has 1 aromatic heterocycles. The molecule has 0 N–H and O–H groups in total. The molecule has 7 heteroatoms. The Bertz CT molecular complexity index is 1180. The Kier molecular flexibility index (Phi) is 5.86. The first-order chi connectivity index (χ1) is 15.0. The number of para-hydroxylation sites is 1. The van der Waals surface area contributed by atoms with Gasteiger partial charge in [0.15, 0.2) is 11.0 Å². The number of carbonyl (C=O) groups excluding carboxylic acids is 2. The molecule has 1 aliphatic rings. The molecule has 2 amide bonds. The van der Waals surface area contributed by atoms with Crippen molar-refractivity contribution in [2.75, 3.05) is 39.9 Å². The maximum absolute atomic E-state index is 13.2. The lowest BCUT2D eigenvalue weighted by Gasteiger charge is -2.28. The molecule has 0 unspecified atom stereocenters. The Labute approximate surface area is 179 Å². The highest BCUT2D eigenvalue weighted by atomic mass is 16.5. The first-order valence-corrected chi connectivity index (χ1v) is 10.2. The average molecular weight is 420 g/mol. The lowest BCUT2D eigenvalue weighted by molar-refractivity contribution is -0.135. The molecular formula is C24H24N2O5. The molecular weight excluding hydrogens is 396 g/mol. The molecule has 7 nitrogen and oxygen atoms in total. The molecule has 160 valence electrons. The average Bonchev–Trinajstić information content (AvgIpc) is 2.81. The Hall–Kier alpha value is -3.45. The maximum atomic E-state index is 13.2. The SMILES string of the molecule is Cc1c(-c2ccccc2)oc2c(C(=O)N(C)CC(=O)N3CCOCC3)cccc2c1=O. The summed E-state index contributed by atoms with van der Waals surface area (Å²) in [6.45, 7) is 3.69. The number of likely N-dealkylation sites (N-methyl/N-ethyl adjacent to an activating group) is 1. The van der Waals surface area contributed by atoms with Crippen molar-refractivity contribution in [1.29, 1.82) is 0 Å². The highest BCUT2D eigenvalue weighted by Crippen LogP contribution is 2.27. The van der Waals surface area contributed by atoms with Gasteiger partial charge >= 0.3 is 0 Å². The van der Waals surface area contributed by atoms with E-state index in [2.05, 4.69) is 0 Å². The van der Waals surface area contributed by atoms with Crippen LogP contribution in [0.15, 0.2) is 57.7 Å². The van der Waals surface area contributed by atoms with Crippen LogP contribution in [0.4, 0.5) is 0 Å². The van der Waals surface area contributed by atoms with Crippen LogP contribution in [0.3, 0.4) is 0 Å². The number of ether oxygens (including phenoxy) is 1. The number of benzene rings is 2. The quantitative estimate of drug-likeness (QED) is 0.648. The van der Waals surface area contributed by atoms with Crippen LogP contribution in [0.1, 0.15) is 15.9 Å². The first-order valence-electron chi connectivity index (χ1n) is 10.2. The van der Waals surface area contributed by atoms with Crippen molar-refractivity contribution in [3.05, 3.63) is 69.9 Å². The van der Waals surface area contributed by atoms with E-state index in [0.717, 1.165) is 5.56 Å². The van der Waals surface area contributed by atoms with Gasteiger partial charge in [0.2, 0.25) is 5.91 Å². The summed E-state index contributed by atoms with van der Waals surface area (Å²) in [5.41, 5.74) is 1.55. The van der Waals surface area contributed by atoms with Crippen LogP contribution in [-0.2, 0) is 9.53 Å². The van der Waals surface area contributed by atoms with Gasteiger partial charge in [0.05, 0.1) is 30.7 Å². The molecule has 0 saturated carbocycles. The van der Waals surface area contributed by atoms with Crippen LogP contribution in [-0.4, -0.2) is 61.5 Å². The third kappa shape index (κ3) is 4.09. The molecule has 4 rings (SSSR count). The molecule has 0 radical (unpaired) electrons. The van der Waals surface area contributed by atoms with Crippen LogP contribution in [0.2, 0.25) is 0 Å². The van der Waals surface area contributed by atoms with Crippen LogP contribution >= 0.6 is 0 Å². The Morgan fingerprint density at radius 1 is 1.03 bits per heavy atom. The van der Waals surface area contributed by atoms with E-state index in [1.165, 1.54) is 4.90 Å². The van der Waals surface area contributed by atoms with Gasteiger partial charge in [-0.2, -0.15) is 0 Å². The van der Waals surface area contributed by atoms with Crippen molar-refractivity contribution in [2.45, 2.75) is 6.92 Å². The molecule has 0 bridgehead atoms. The number of morpholine rings is 1. The Balaban J connectivity index is 1.70. The molecule has 2 aromatic carbocycles. The van der Waals surface area contributed by atoms with E-state index in [-0.39, 0.29) is 34.9 Å². The van der Waals surface area contributed by atoms with E-state index in [0.29, 0.717) is 43.0 Å². The molecule has 0 atom stereocenters. The number of rotatable bonds is 4. The monoisotopic (exact) mass is 420 g/mol. The van der Waals surface area contributed by atoms with Crippen molar-refractivity contribution >= 4 is 22.8 Å². The summed E-state index contributed by atoms with van der Waals surface area (Å²) in [6, 6.07) is 14.2. The topological polar surface area (TPSA) is 80.1 Å². The lowest BCUT2D eigenvalue weighted by Crippen LogP contribution is -2.46. The fraction of sp³-hybridized carbons (Fsp3) is 0.292. The fourth-order valence-electron chi connectivity index (χ4n) is 3.74. The number of fused-ring (bicyclic) bond motifs is 1. The standard InChI is InChI=1S/C24H24N2O5/c1-16-21(28)18-9-6-10-19(23(18)31-22(16)17-7-4-3-5-8-17)24(29)25(2)15-20(27)26-11-13-30-14-12-26/h3-10H,11-15H2,1-2H3. The first kappa shape index (κ1) is 20.8. The second-order valence-electron chi connectivity index (χ2n) is 7.59. The van der Waals surface area contributed by atoms with Gasteiger partial charge in [-0.1, -0.05) is 36.4 Å². The van der Waals surface area contributed by atoms with Crippen LogP contribution in [0, 0.1) is 6.92 Å². The van der Waals surface area contributed by atoms with Crippen molar-refractivity contribution in [1.82, 2.24) is 9.80 Å². The lowest BCUT2D eigenvalue weighted by atomic mass is 10.0. The summed E-state index contributed by atoms with van der Waals surface area (Å²) in [7, 11) is 1.57. The van der Waals surface area contributed by atoms with Crippen LogP contribution < -0.4 is 5.43 Å². The minimum atomic E-state index is -0.377. The van der Waals surface area contributed by atoms with Gasteiger partial charge in [-0.25, -0.2) is 0 Å². The number of hydrogen-bond acceptors (Lipinski definition) is 5. The van der Waals surface area contributed by atoms with E-state index in [9.17, 15) is 14.4 Å². The predicted molar refractivity (Wildman–Crippen MR) is 117 cm³/mol. The molecule has 1 fully saturated rings. The van der Waals surface area contributed by atoms with Crippen LogP contribution in [0.25, 0.3) is 22.3 Å². The van der Waals surface area contributed by atoms with Gasteiger partial charge in [0.1, 0.15) is 5.76 Å².